The standard InChI is InChI=1S/C7H14N2O2/c1-2-3-5-11-6-4-9-7(8)10/h3,5H,2,4,6H2,1H3,(H3,8,9,10). The van der Waals surface area contributed by atoms with E-state index in [2.05, 4.69) is 5.32 Å². The summed E-state index contributed by atoms with van der Waals surface area (Å²) in [7, 11) is 0. The Hall–Kier alpha value is -1.19. The second-order valence-electron chi connectivity index (χ2n) is 1.94. The van der Waals surface area contributed by atoms with Crippen LogP contribution in [-0.4, -0.2) is 19.2 Å². The van der Waals surface area contributed by atoms with Crippen LogP contribution in [0.4, 0.5) is 4.79 Å². The van der Waals surface area contributed by atoms with Crippen molar-refractivity contribution in [2.24, 2.45) is 5.73 Å². The van der Waals surface area contributed by atoms with Gasteiger partial charge in [0.25, 0.3) is 0 Å². The molecule has 0 saturated heterocycles. The van der Waals surface area contributed by atoms with E-state index in [9.17, 15) is 4.79 Å². The summed E-state index contributed by atoms with van der Waals surface area (Å²) in [6.45, 7) is 2.92. The lowest BCUT2D eigenvalue weighted by Gasteiger charge is -2.00. The molecule has 0 atom stereocenters. The summed E-state index contributed by atoms with van der Waals surface area (Å²) in [5.41, 5.74) is 4.81. The smallest absolute Gasteiger partial charge is 0.312 e. The van der Waals surface area contributed by atoms with Crippen LogP contribution in [0, 0.1) is 0 Å². The fourth-order valence-corrected chi connectivity index (χ4v) is 0.465. The van der Waals surface area contributed by atoms with E-state index in [1.54, 1.807) is 6.26 Å². The van der Waals surface area contributed by atoms with Crippen LogP contribution < -0.4 is 11.1 Å². The highest BCUT2D eigenvalue weighted by Crippen LogP contribution is 1.80. The van der Waals surface area contributed by atoms with E-state index in [0.717, 1.165) is 6.42 Å². The third-order valence-corrected chi connectivity index (χ3v) is 0.947. The Morgan fingerprint density at radius 3 is 3.00 bits per heavy atom. The highest BCUT2D eigenvalue weighted by Gasteiger charge is 1.87. The molecule has 64 valence electrons. The van der Waals surface area contributed by atoms with Gasteiger partial charge in [-0.05, 0) is 6.42 Å². The first-order valence-corrected chi connectivity index (χ1v) is 3.57. The minimum Gasteiger partial charge on any atom is -0.500 e. The number of nitrogens with one attached hydrogen (secondary N) is 1. The normalized spacial score (nSPS) is 9.91. The van der Waals surface area contributed by atoms with Crippen LogP contribution in [-0.2, 0) is 4.74 Å². The van der Waals surface area contributed by atoms with Crippen LogP contribution in [0.2, 0.25) is 0 Å². The van der Waals surface area contributed by atoms with E-state index < -0.39 is 6.03 Å². The number of hydrogen-bond donors (Lipinski definition) is 2. The van der Waals surface area contributed by atoms with Crippen molar-refractivity contribution in [3.05, 3.63) is 12.3 Å². The number of carbonyl (C=O) groups is 1. The maximum absolute atomic E-state index is 10.1. The lowest BCUT2D eigenvalue weighted by molar-refractivity contribution is 0.231. The Balaban J connectivity index is 3.02. The van der Waals surface area contributed by atoms with Crippen molar-refractivity contribution in [1.29, 1.82) is 0 Å². The molecule has 0 saturated carbocycles. The zero-order chi connectivity index (χ0) is 8.53. The molecular weight excluding hydrogens is 144 g/mol. The summed E-state index contributed by atoms with van der Waals surface area (Å²) in [5.74, 6) is 0. The van der Waals surface area contributed by atoms with Gasteiger partial charge in [0.2, 0.25) is 0 Å². The lowest BCUT2D eigenvalue weighted by atomic mass is 10.5. The first-order chi connectivity index (χ1) is 5.27. The highest BCUT2D eigenvalue weighted by molar-refractivity contribution is 5.71. The summed E-state index contributed by atoms with van der Waals surface area (Å²) in [6, 6.07) is -0.520. The molecule has 0 radical (unpaired) electrons. The van der Waals surface area contributed by atoms with Gasteiger partial charge in [-0.1, -0.05) is 13.0 Å². The van der Waals surface area contributed by atoms with E-state index in [1.807, 2.05) is 13.0 Å². The maximum atomic E-state index is 10.1. The Kier molecular flexibility index (Phi) is 6.17. The minimum absolute atomic E-state index is 0.448. The fourth-order valence-electron chi connectivity index (χ4n) is 0.465. The van der Waals surface area contributed by atoms with Crippen LogP contribution >= 0.6 is 0 Å². The van der Waals surface area contributed by atoms with Gasteiger partial charge < -0.3 is 15.8 Å². The molecule has 4 nitrogen and oxygen atoms in total. The SMILES string of the molecule is CCC=COCCNC(N)=O. The van der Waals surface area contributed by atoms with Crippen molar-refractivity contribution in [3.63, 3.8) is 0 Å². The van der Waals surface area contributed by atoms with Crippen molar-refractivity contribution in [2.75, 3.05) is 13.2 Å². The van der Waals surface area contributed by atoms with Crippen LogP contribution in [0.25, 0.3) is 0 Å². The largest absolute Gasteiger partial charge is 0.500 e. The number of amides is 2. The molecule has 0 heterocycles. The molecule has 0 spiro atoms. The maximum Gasteiger partial charge on any atom is 0.312 e. The average molecular weight is 158 g/mol. The van der Waals surface area contributed by atoms with Gasteiger partial charge in [0.15, 0.2) is 0 Å². The molecule has 3 N–H and O–H groups in total. The number of ether oxygens (including phenoxy) is 1. The molecule has 2 amide bonds. The number of carbonyl (C=O) groups excluding carboxylic acids is 1. The number of primary amides is 1. The van der Waals surface area contributed by atoms with E-state index in [-0.39, 0.29) is 0 Å². The Bertz CT molecular complexity index is 134. The molecule has 0 unspecified atom stereocenters. The van der Waals surface area contributed by atoms with Gasteiger partial charge in [0.05, 0.1) is 12.8 Å². The van der Waals surface area contributed by atoms with Crippen molar-refractivity contribution < 1.29 is 9.53 Å². The Labute approximate surface area is 66.4 Å². The highest BCUT2D eigenvalue weighted by atomic mass is 16.5. The third kappa shape index (κ3) is 8.81. The molecule has 0 bridgehead atoms. The van der Waals surface area contributed by atoms with Gasteiger partial charge in [0, 0.05) is 0 Å². The molecule has 0 aromatic carbocycles. The number of hydrogen-bond acceptors (Lipinski definition) is 2. The van der Waals surface area contributed by atoms with Crippen molar-refractivity contribution >= 4 is 6.03 Å². The minimum atomic E-state index is -0.520. The lowest BCUT2D eigenvalue weighted by Crippen LogP contribution is -2.31. The van der Waals surface area contributed by atoms with Crippen molar-refractivity contribution in [1.82, 2.24) is 5.32 Å². The first kappa shape index (κ1) is 9.81. The van der Waals surface area contributed by atoms with Gasteiger partial charge in [-0.3, -0.25) is 0 Å². The summed E-state index contributed by atoms with van der Waals surface area (Å²) in [6.07, 6.45) is 4.45. The van der Waals surface area contributed by atoms with Crippen LogP contribution in [0.3, 0.4) is 0 Å². The van der Waals surface area contributed by atoms with E-state index in [0.29, 0.717) is 13.2 Å². The predicted molar refractivity (Wildman–Crippen MR) is 43.0 cm³/mol. The van der Waals surface area contributed by atoms with E-state index in [1.165, 1.54) is 0 Å². The zero-order valence-electron chi connectivity index (χ0n) is 6.67. The number of nitrogens with two attached hydrogens (primary N) is 1. The quantitative estimate of drug-likeness (QED) is 0.454. The molecule has 0 aliphatic carbocycles. The third-order valence-electron chi connectivity index (χ3n) is 0.947. The summed E-state index contributed by atoms with van der Waals surface area (Å²) >= 11 is 0. The number of rotatable bonds is 5. The monoisotopic (exact) mass is 158 g/mol. The van der Waals surface area contributed by atoms with Gasteiger partial charge in [-0.25, -0.2) is 4.79 Å². The van der Waals surface area contributed by atoms with E-state index >= 15 is 0 Å². The Morgan fingerprint density at radius 2 is 2.45 bits per heavy atom. The molecule has 0 rings (SSSR count). The second kappa shape index (κ2) is 6.92. The molecule has 0 aromatic heterocycles. The summed E-state index contributed by atoms with van der Waals surface area (Å²) in [5, 5.41) is 2.40. The van der Waals surface area contributed by atoms with Crippen molar-refractivity contribution in [2.45, 2.75) is 13.3 Å². The van der Waals surface area contributed by atoms with Crippen molar-refractivity contribution in [3.8, 4) is 0 Å². The van der Waals surface area contributed by atoms with Crippen LogP contribution in [0.15, 0.2) is 12.3 Å². The fraction of sp³-hybridized carbons (Fsp3) is 0.571. The van der Waals surface area contributed by atoms with Gasteiger partial charge in [0.1, 0.15) is 6.61 Å². The molecule has 0 aromatic rings. The number of urea groups is 1. The Morgan fingerprint density at radius 1 is 1.73 bits per heavy atom. The second-order valence-corrected chi connectivity index (χ2v) is 1.94. The van der Waals surface area contributed by atoms with Crippen LogP contribution in [0.1, 0.15) is 13.3 Å². The molecule has 4 heteroatoms. The van der Waals surface area contributed by atoms with E-state index in [4.69, 9.17) is 10.5 Å². The molecule has 0 fully saturated rings. The number of allylic oxidation sites excluding steroid dienone is 1. The van der Waals surface area contributed by atoms with Gasteiger partial charge in [-0.2, -0.15) is 0 Å². The predicted octanol–water partition coefficient (Wildman–Crippen LogP) is 0.595. The van der Waals surface area contributed by atoms with Gasteiger partial charge >= 0.3 is 6.03 Å². The zero-order valence-corrected chi connectivity index (χ0v) is 6.67. The molecule has 0 aliphatic rings. The molecule has 0 aliphatic heterocycles. The van der Waals surface area contributed by atoms with Crippen LogP contribution in [0.5, 0.6) is 0 Å². The molecule has 11 heavy (non-hydrogen) atoms. The average Bonchev–Trinajstić information content (AvgIpc) is 1.96. The summed E-state index contributed by atoms with van der Waals surface area (Å²) in [4.78, 5) is 10.1. The van der Waals surface area contributed by atoms with Gasteiger partial charge in [-0.15, -0.1) is 0 Å². The first-order valence-electron chi connectivity index (χ1n) is 3.57. The summed E-state index contributed by atoms with van der Waals surface area (Å²) < 4.78 is 4.97. The molecular formula is C7H14N2O2. The topological polar surface area (TPSA) is 64.3 Å².